The average molecular weight is 185 g/mol. The average Bonchev–Trinajstić information content (AvgIpc) is 2.51. The van der Waals surface area contributed by atoms with Gasteiger partial charge >= 0.3 is 11.9 Å². The molecule has 0 aromatic rings. The fraction of sp³-hybridized carbons (Fsp3) is 0.500. The fourth-order valence-corrected chi connectivity index (χ4v) is 1.20. The molecule has 0 radical (unpaired) electrons. The lowest BCUT2D eigenvalue weighted by Gasteiger charge is -2.14. The van der Waals surface area contributed by atoms with Crippen molar-refractivity contribution < 1.29 is 19.5 Å². The highest BCUT2D eigenvalue weighted by atomic mass is 16.6. The Kier molecular flexibility index (Phi) is 3.16. The normalized spacial score (nSPS) is 22.7. The molecule has 0 saturated carbocycles. The van der Waals surface area contributed by atoms with Crippen molar-refractivity contribution in [2.24, 2.45) is 0 Å². The quantitative estimate of drug-likeness (QED) is 0.375. The van der Waals surface area contributed by atoms with E-state index in [1.54, 1.807) is 0 Å². The van der Waals surface area contributed by atoms with Crippen molar-refractivity contribution in [3.63, 3.8) is 0 Å². The summed E-state index contributed by atoms with van der Waals surface area (Å²) in [5.41, 5.74) is 0. The molecule has 72 valence electrons. The predicted molar refractivity (Wildman–Crippen MR) is 42.8 cm³/mol. The summed E-state index contributed by atoms with van der Waals surface area (Å²) in [5.74, 6) is -1.50. The molecule has 1 unspecified atom stereocenters. The van der Waals surface area contributed by atoms with E-state index in [-0.39, 0.29) is 0 Å². The van der Waals surface area contributed by atoms with Gasteiger partial charge in [0.1, 0.15) is 6.04 Å². The van der Waals surface area contributed by atoms with Crippen LogP contribution in [-0.4, -0.2) is 34.8 Å². The van der Waals surface area contributed by atoms with Gasteiger partial charge in [0.25, 0.3) is 0 Å². The minimum atomic E-state index is -0.787. The van der Waals surface area contributed by atoms with Crippen molar-refractivity contribution in [3.05, 3.63) is 12.7 Å². The smallest absolute Gasteiger partial charge is 0.337 e. The van der Waals surface area contributed by atoms with Gasteiger partial charge in [0, 0.05) is 12.6 Å². The van der Waals surface area contributed by atoms with Gasteiger partial charge in [0.15, 0.2) is 0 Å². The number of rotatable bonds is 2. The van der Waals surface area contributed by atoms with E-state index in [1.807, 2.05) is 0 Å². The highest BCUT2D eigenvalue weighted by Gasteiger charge is 2.31. The molecule has 0 aliphatic carbocycles. The molecule has 0 amide bonds. The van der Waals surface area contributed by atoms with E-state index < -0.39 is 18.0 Å². The summed E-state index contributed by atoms with van der Waals surface area (Å²) in [6.07, 6.45) is 2.15. The molecule has 5 nitrogen and oxygen atoms in total. The van der Waals surface area contributed by atoms with Crippen molar-refractivity contribution in [2.45, 2.75) is 18.9 Å². The van der Waals surface area contributed by atoms with Crippen LogP contribution in [0.3, 0.4) is 0 Å². The van der Waals surface area contributed by atoms with Crippen LogP contribution in [0, 0.1) is 0 Å². The second-order valence-corrected chi connectivity index (χ2v) is 2.77. The minimum absolute atomic E-state index is 0.433. The van der Waals surface area contributed by atoms with Crippen molar-refractivity contribution in [1.29, 1.82) is 0 Å². The number of carbonyl (C=O) groups excluding carboxylic acids is 2. The van der Waals surface area contributed by atoms with Gasteiger partial charge in [-0.05, 0) is 12.8 Å². The maximum Gasteiger partial charge on any atom is 0.337 e. The molecular weight excluding hydrogens is 174 g/mol. The maximum absolute atomic E-state index is 11.1. The van der Waals surface area contributed by atoms with Crippen LogP contribution in [0.2, 0.25) is 0 Å². The molecule has 1 N–H and O–H groups in total. The SMILES string of the molecule is C=CC(=O)OC(=O)C1CCCN1O. The third-order valence-electron chi connectivity index (χ3n) is 1.86. The van der Waals surface area contributed by atoms with E-state index in [2.05, 4.69) is 11.3 Å². The fourth-order valence-electron chi connectivity index (χ4n) is 1.20. The van der Waals surface area contributed by atoms with Crippen LogP contribution in [-0.2, 0) is 14.3 Å². The van der Waals surface area contributed by atoms with Gasteiger partial charge in [0.05, 0.1) is 0 Å². The molecule has 1 atom stereocenters. The van der Waals surface area contributed by atoms with Crippen LogP contribution in [0.25, 0.3) is 0 Å². The first-order chi connectivity index (χ1) is 6.15. The lowest BCUT2D eigenvalue weighted by molar-refractivity contribution is -0.172. The molecule has 1 rings (SSSR count). The summed E-state index contributed by atoms with van der Waals surface area (Å²) in [5, 5.41) is 10.0. The standard InChI is InChI=1S/C8H11NO4/c1-2-7(10)13-8(11)6-4-3-5-9(6)12/h2,6,12H,1,3-5H2. The van der Waals surface area contributed by atoms with Crippen molar-refractivity contribution >= 4 is 11.9 Å². The van der Waals surface area contributed by atoms with Gasteiger partial charge in [-0.2, -0.15) is 5.06 Å². The lowest BCUT2D eigenvalue weighted by atomic mass is 10.2. The molecule has 13 heavy (non-hydrogen) atoms. The molecule has 5 heteroatoms. The van der Waals surface area contributed by atoms with Crippen LogP contribution >= 0.6 is 0 Å². The van der Waals surface area contributed by atoms with Crippen LogP contribution in [0.15, 0.2) is 12.7 Å². The third-order valence-corrected chi connectivity index (χ3v) is 1.86. The number of hydrogen-bond donors (Lipinski definition) is 1. The topological polar surface area (TPSA) is 66.8 Å². The summed E-state index contributed by atoms with van der Waals surface area (Å²) in [6, 6.07) is -0.705. The highest BCUT2D eigenvalue weighted by Crippen LogP contribution is 2.15. The van der Waals surface area contributed by atoms with Crippen LogP contribution in [0.1, 0.15) is 12.8 Å². The second kappa shape index (κ2) is 4.15. The first kappa shape index (κ1) is 9.88. The van der Waals surface area contributed by atoms with Gasteiger partial charge in [-0.1, -0.05) is 6.58 Å². The molecule has 0 bridgehead atoms. The second-order valence-electron chi connectivity index (χ2n) is 2.77. The number of ether oxygens (including phenoxy) is 1. The Bertz CT molecular complexity index is 238. The Morgan fingerprint density at radius 1 is 1.62 bits per heavy atom. The molecular formula is C8H11NO4. The van der Waals surface area contributed by atoms with Gasteiger partial charge in [-0.25, -0.2) is 9.59 Å². The number of esters is 2. The van der Waals surface area contributed by atoms with Gasteiger partial charge in [-0.15, -0.1) is 0 Å². The zero-order valence-corrected chi connectivity index (χ0v) is 7.10. The molecule has 0 spiro atoms. The van der Waals surface area contributed by atoms with E-state index >= 15 is 0 Å². The van der Waals surface area contributed by atoms with Gasteiger partial charge < -0.3 is 9.94 Å². The van der Waals surface area contributed by atoms with Crippen LogP contribution < -0.4 is 0 Å². The summed E-state index contributed by atoms with van der Waals surface area (Å²) in [7, 11) is 0. The number of nitrogens with zero attached hydrogens (tertiary/aromatic N) is 1. The van der Waals surface area contributed by atoms with E-state index in [9.17, 15) is 9.59 Å². The van der Waals surface area contributed by atoms with Crippen LogP contribution in [0.5, 0.6) is 0 Å². The van der Waals surface area contributed by atoms with E-state index in [1.165, 1.54) is 0 Å². The Morgan fingerprint density at radius 3 is 2.77 bits per heavy atom. The molecule has 0 aromatic carbocycles. The summed E-state index contributed by atoms with van der Waals surface area (Å²) >= 11 is 0. The summed E-state index contributed by atoms with van der Waals surface area (Å²) in [4.78, 5) is 21.8. The Hall–Kier alpha value is -1.20. The third kappa shape index (κ3) is 2.37. The van der Waals surface area contributed by atoms with E-state index in [4.69, 9.17) is 5.21 Å². The first-order valence-corrected chi connectivity index (χ1v) is 3.98. The maximum atomic E-state index is 11.1. The largest absolute Gasteiger partial charge is 0.389 e. The van der Waals surface area contributed by atoms with Gasteiger partial charge in [0.2, 0.25) is 0 Å². The number of hydrogen-bond acceptors (Lipinski definition) is 5. The predicted octanol–water partition coefficient (Wildman–Crippen LogP) is 0.0958. The van der Waals surface area contributed by atoms with Gasteiger partial charge in [-0.3, -0.25) is 0 Å². The van der Waals surface area contributed by atoms with Crippen molar-refractivity contribution in [2.75, 3.05) is 6.54 Å². The van der Waals surface area contributed by atoms with Crippen molar-refractivity contribution in [1.82, 2.24) is 5.06 Å². The molecule has 1 aliphatic heterocycles. The minimum Gasteiger partial charge on any atom is -0.389 e. The molecule has 1 saturated heterocycles. The van der Waals surface area contributed by atoms with Crippen molar-refractivity contribution in [3.8, 4) is 0 Å². The highest BCUT2D eigenvalue weighted by molar-refractivity contribution is 5.93. The molecule has 0 aromatic heterocycles. The summed E-state index contributed by atoms with van der Waals surface area (Å²) in [6.45, 7) is 3.59. The first-order valence-electron chi connectivity index (χ1n) is 3.98. The monoisotopic (exact) mass is 185 g/mol. The van der Waals surface area contributed by atoms with E-state index in [0.29, 0.717) is 13.0 Å². The number of carbonyl (C=O) groups is 2. The molecule has 1 heterocycles. The zero-order chi connectivity index (χ0) is 9.84. The Labute approximate surface area is 75.5 Å². The molecule has 1 fully saturated rings. The zero-order valence-electron chi connectivity index (χ0n) is 7.10. The summed E-state index contributed by atoms with van der Waals surface area (Å²) < 4.78 is 4.36. The lowest BCUT2D eigenvalue weighted by Crippen LogP contribution is -2.35. The number of hydroxylamine groups is 2. The Balaban J connectivity index is 2.47. The molecule has 1 aliphatic rings. The van der Waals surface area contributed by atoms with E-state index in [0.717, 1.165) is 17.6 Å². The van der Waals surface area contributed by atoms with Crippen LogP contribution in [0.4, 0.5) is 0 Å². The Morgan fingerprint density at radius 2 is 2.31 bits per heavy atom.